The van der Waals surface area contributed by atoms with E-state index in [9.17, 15) is 21.6 Å². The predicted molar refractivity (Wildman–Crippen MR) is 120 cm³/mol. The maximum absolute atomic E-state index is 13.4. The lowest BCUT2D eigenvalue weighted by Gasteiger charge is -2.46. The van der Waals surface area contributed by atoms with E-state index in [2.05, 4.69) is 10.0 Å². The first-order valence-corrected chi connectivity index (χ1v) is 12.7. The van der Waals surface area contributed by atoms with Crippen LogP contribution in [0, 0.1) is 5.92 Å². The summed E-state index contributed by atoms with van der Waals surface area (Å²) < 4.78 is 73.4. The minimum atomic E-state index is -4.46. The molecule has 1 fully saturated rings. The van der Waals surface area contributed by atoms with Gasteiger partial charge in [-0.25, -0.2) is 13.1 Å². The molecule has 0 bridgehead atoms. The Morgan fingerprint density at radius 3 is 2.58 bits per heavy atom. The highest BCUT2D eigenvalue weighted by molar-refractivity contribution is 7.89. The number of alkyl halides is 3. The molecule has 33 heavy (non-hydrogen) atoms. The molecule has 2 heterocycles. The summed E-state index contributed by atoms with van der Waals surface area (Å²) in [5.41, 5.74) is 6.75. The fourth-order valence-corrected chi connectivity index (χ4v) is 5.77. The van der Waals surface area contributed by atoms with Gasteiger partial charge in [-0.15, -0.1) is 0 Å². The van der Waals surface area contributed by atoms with Crippen molar-refractivity contribution in [1.82, 2.24) is 4.72 Å². The number of anilines is 1. The Bertz CT molecular complexity index is 1060. The standard InChI is InChI=1S/C23H28F3N3O3S/c24-23(25,26)16-7-10-20-19(13-16)22-18(21(29-20)15-5-2-1-3-6-15)9-8-17(32-22)14-28-33(30,31)12-4-11-27/h1-3,5-7,10,13,17-18,21-22,28-29H,4,8-9,11-12,14,27H2/t17-,18+,21+,22+/m1/s1. The molecule has 0 saturated carbocycles. The van der Waals surface area contributed by atoms with E-state index < -0.39 is 34.0 Å². The Kier molecular flexibility index (Phi) is 6.99. The third kappa shape index (κ3) is 5.51. The second-order valence-electron chi connectivity index (χ2n) is 8.56. The lowest BCUT2D eigenvalue weighted by molar-refractivity contribution is -0.138. The van der Waals surface area contributed by atoms with Crippen molar-refractivity contribution < 1.29 is 26.3 Å². The van der Waals surface area contributed by atoms with Crippen LogP contribution >= 0.6 is 0 Å². The SMILES string of the molecule is NCCCS(=O)(=O)NC[C@H]1CC[C@@H]2[C@H](O1)c1cc(C(F)(F)F)ccc1N[C@H]2c1ccccc1. The fourth-order valence-electron chi connectivity index (χ4n) is 4.64. The zero-order chi connectivity index (χ0) is 23.6. The second-order valence-corrected chi connectivity index (χ2v) is 10.5. The molecule has 4 atom stereocenters. The van der Waals surface area contributed by atoms with Crippen LogP contribution in [0.3, 0.4) is 0 Å². The van der Waals surface area contributed by atoms with E-state index in [-0.39, 0.29) is 30.8 Å². The molecule has 0 aliphatic carbocycles. The van der Waals surface area contributed by atoms with Gasteiger partial charge in [0, 0.05) is 23.7 Å². The quantitative estimate of drug-likeness (QED) is 0.554. The molecule has 0 aromatic heterocycles. The molecule has 6 nitrogen and oxygen atoms in total. The summed E-state index contributed by atoms with van der Waals surface area (Å²) >= 11 is 0. The third-order valence-electron chi connectivity index (χ3n) is 6.28. The molecule has 2 aromatic rings. The molecule has 2 aliphatic rings. The monoisotopic (exact) mass is 483 g/mol. The van der Waals surface area contributed by atoms with E-state index in [1.165, 1.54) is 6.07 Å². The van der Waals surface area contributed by atoms with Gasteiger partial charge in [-0.1, -0.05) is 30.3 Å². The van der Waals surface area contributed by atoms with Crippen molar-refractivity contribution >= 4 is 15.7 Å². The zero-order valence-electron chi connectivity index (χ0n) is 18.0. The first-order valence-electron chi connectivity index (χ1n) is 11.0. The number of halogens is 3. The summed E-state index contributed by atoms with van der Waals surface area (Å²) in [5, 5.41) is 3.41. The number of hydrogen-bond donors (Lipinski definition) is 3. The van der Waals surface area contributed by atoms with Gasteiger partial charge < -0.3 is 15.8 Å². The lowest BCUT2D eigenvalue weighted by Crippen LogP contribution is -2.43. The van der Waals surface area contributed by atoms with Crippen LogP contribution in [0.4, 0.5) is 18.9 Å². The molecule has 0 amide bonds. The van der Waals surface area contributed by atoms with Gasteiger partial charge in [0.1, 0.15) is 0 Å². The van der Waals surface area contributed by atoms with Crippen LogP contribution in [0.1, 0.15) is 48.1 Å². The second kappa shape index (κ2) is 9.61. The minimum absolute atomic E-state index is 0.0694. The molecule has 1 saturated heterocycles. The van der Waals surface area contributed by atoms with Gasteiger partial charge in [0.05, 0.1) is 29.6 Å². The molecule has 0 unspecified atom stereocenters. The van der Waals surface area contributed by atoms with Crippen LogP contribution in [-0.2, 0) is 20.9 Å². The average Bonchev–Trinajstić information content (AvgIpc) is 2.80. The smallest absolute Gasteiger partial charge is 0.378 e. The number of ether oxygens (including phenoxy) is 1. The van der Waals surface area contributed by atoms with E-state index in [0.717, 1.165) is 17.7 Å². The van der Waals surface area contributed by atoms with Gasteiger partial charge in [-0.05, 0) is 49.6 Å². The largest absolute Gasteiger partial charge is 0.416 e. The number of fused-ring (bicyclic) bond motifs is 3. The molecule has 180 valence electrons. The maximum Gasteiger partial charge on any atom is 0.416 e. The molecule has 0 radical (unpaired) electrons. The van der Waals surface area contributed by atoms with Crippen molar-refractivity contribution in [3.63, 3.8) is 0 Å². The van der Waals surface area contributed by atoms with Crippen LogP contribution in [0.25, 0.3) is 0 Å². The molecule has 4 N–H and O–H groups in total. The molecular weight excluding hydrogens is 455 g/mol. The normalized spacial score (nSPS) is 25.1. The van der Waals surface area contributed by atoms with E-state index in [4.69, 9.17) is 10.5 Å². The van der Waals surface area contributed by atoms with Crippen molar-refractivity contribution in [3.8, 4) is 0 Å². The van der Waals surface area contributed by atoms with Crippen molar-refractivity contribution in [1.29, 1.82) is 0 Å². The highest BCUT2D eigenvalue weighted by atomic mass is 32.2. The lowest BCUT2D eigenvalue weighted by atomic mass is 9.76. The van der Waals surface area contributed by atoms with Crippen LogP contribution in [-0.4, -0.2) is 33.4 Å². The van der Waals surface area contributed by atoms with Crippen LogP contribution < -0.4 is 15.8 Å². The Labute approximate surface area is 191 Å². The van der Waals surface area contributed by atoms with Crippen LogP contribution in [0.15, 0.2) is 48.5 Å². The molecular formula is C23H28F3N3O3S. The fraction of sp³-hybridized carbons (Fsp3) is 0.478. The van der Waals surface area contributed by atoms with Gasteiger partial charge in [-0.3, -0.25) is 0 Å². The Morgan fingerprint density at radius 2 is 1.88 bits per heavy atom. The van der Waals surface area contributed by atoms with Crippen molar-refractivity contribution in [2.45, 2.75) is 43.7 Å². The highest BCUT2D eigenvalue weighted by Crippen LogP contribution is 2.51. The summed E-state index contributed by atoms with van der Waals surface area (Å²) in [6.45, 7) is 0.352. The van der Waals surface area contributed by atoms with Gasteiger partial charge in [0.15, 0.2) is 0 Å². The van der Waals surface area contributed by atoms with Crippen LogP contribution in [0.2, 0.25) is 0 Å². The molecule has 2 aromatic carbocycles. The van der Waals surface area contributed by atoms with Gasteiger partial charge in [0.25, 0.3) is 0 Å². The van der Waals surface area contributed by atoms with E-state index >= 15 is 0 Å². The zero-order valence-corrected chi connectivity index (χ0v) is 18.8. The molecule has 10 heteroatoms. The van der Waals surface area contributed by atoms with Crippen molar-refractivity contribution in [2.24, 2.45) is 11.7 Å². The van der Waals surface area contributed by atoms with Crippen molar-refractivity contribution in [3.05, 3.63) is 65.2 Å². The molecule has 4 rings (SSSR count). The summed E-state index contributed by atoms with van der Waals surface area (Å²) in [5.74, 6) is -0.159. The Balaban J connectivity index is 1.60. The van der Waals surface area contributed by atoms with E-state index in [0.29, 0.717) is 30.5 Å². The number of hydrogen-bond acceptors (Lipinski definition) is 5. The number of benzene rings is 2. The highest BCUT2D eigenvalue weighted by Gasteiger charge is 2.43. The summed E-state index contributed by atoms with van der Waals surface area (Å²) in [7, 11) is -3.48. The summed E-state index contributed by atoms with van der Waals surface area (Å²) in [6, 6.07) is 13.3. The predicted octanol–water partition coefficient (Wildman–Crippen LogP) is 3.98. The van der Waals surface area contributed by atoms with Crippen LogP contribution in [0.5, 0.6) is 0 Å². The van der Waals surface area contributed by atoms with E-state index in [1.807, 2.05) is 30.3 Å². The van der Waals surface area contributed by atoms with Crippen molar-refractivity contribution in [2.75, 3.05) is 24.2 Å². The number of nitrogens with two attached hydrogens (primary N) is 1. The minimum Gasteiger partial charge on any atom is -0.378 e. The summed E-state index contributed by atoms with van der Waals surface area (Å²) in [4.78, 5) is 0. The number of nitrogens with one attached hydrogen (secondary N) is 2. The Hall–Kier alpha value is -2.14. The number of rotatable bonds is 7. The van der Waals surface area contributed by atoms with Gasteiger partial charge >= 0.3 is 6.18 Å². The van der Waals surface area contributed by atoms with E-state index in [1.54, 1.807) is 0 Å². The maximum atomic E-state index is 13.4. The first kappa shape index (κ1) is 24.0. The van der Waals surface area contributed by atoms with Gasteiger partial charge in [-0.2, -0.15) is 13.2 Å². The average molecular weight is 484 g/mol. The molecule has 0 spiro atoms. The Morgan fingerprint density at radius 1 is 1.12 bits per heavy atom. The van der Waals surface area contributed by atoms with Gasteiger partial charge in [0.2, 0.25) is 10.0 Å². The third-order valence-corrected chi connectivity index (χ3v) is 7.71. The number of sulfonamides is 1. The summed E-state index contributed by atoms with van der Waals surface area (Å²) in [6.07, 6.45) is -3.85. The topological polar surface area (TPSA) is 93.5 Å². The first-order chi connectivity index (χ1) is 15.7. The molecule has 2 aliphatic heterocycles.